The van der Waals surface area contributed by atoms with Gasteiger partial charge < -0.3 is 10.0 Å². The van der Waals surface area contributed by atoms with Gasteiger partial charge in [-0.2, -0.15) is 0 Å². The molecular weight excluding hydrogens is 232 g/mol. The van der Waals surface area contributed by atoms with Gasteiger partial charge in [0.15, 0.2) is 0 Å². The molecule has 0 spiro atoms. The van der Waals surface area contributed by atoms with Crippen LogP contribution < -0.4 is 0 Å². The van der Waals surface area contributed by atoms with Crippen molar-refractivity contribution in [3.63, 3.8) is 0 Å². The molecule has 5 heteroatoms. The molecule has 1 unspecified atom stereocenters. The van der Waals surface area contributed by atoms with Crippen LogP contribution in [0.15, 0.2) is 0 Å². The van der Waals surface area contributed by atoms with Crippen molar-refractivity contribution in [2.24, 2.45) is 0 Å². The molecule has 1 amide bonds. The van der Waals surface area contributed by atoms with E-state index in [9.17, 15) is 9.59 Å². The zero-order valence-corrected chi connectivity index (χ0v) is 11.6. The van der Waals surface area contributed by atoms with E-state index < -0.39 is 12.0 Å². The number of carboxylic acid groups (broad SMARTS) is 1. The lowest BCUT2D eigenvalue weighted by molar-refractivity contribution is -0.150. The number of carbonyl (C=O) groups excluding carboxylic acids is 1. The van der Waals surface area contributed by atoms with E-state index >= 15 is 0 Å². The Morgan fingerprint density at radius 3 is 2.39 bits per heavy atom. The highest BCUT2D eigenvalue weighted by Crippen LogP contribution is 2.20. The Bertz CT molecular complexity index is 303. The molecule has 1 heterocycles. The summed E-state index contributed by atoms with van der Waals surface area (Å²) in [5.41, 5.74) is 0. The maximum atomic E-state index is 12.5. The molecule has 18 heavy (non-hydrogen) atoms. The molecule has 2 atom stereocenters. The molecule has 0 saturated carbocycles. The van der Waals surface area contributed by atoms with Gasteiger partial charge in [-0.25, -0.2) is 4.79 Å². The van der Waals surface area contributed by atoms with Crippen LogP contribution in [-0.2, 0) is 9.59 Å². The summed E-state index contributed by atoms with van der Waals surface area (Å²) in [6.45, 7) is 8.23. The van der Waals surface area contributed by atoms with Crippen LogP contribution in [0.3, 0.4) is 0 Å². The van der Waals surface area contributed by atoms with Gasteiger partial charge in [0.2, 0.25) is 5.91 Å². The number of hydrogen-bond donors (Lipinski definition) is 1. The summed E-state index contributed by atoms with van der Waals surface area (Å²) in [5, 5.41) is 9.13. The zero-order valence-electron chi connectivity index (χ0n) is 11.6. The van der Waals surface area contributed by atoms with Gasteiger partial charge in [0.1, 0.15) is 6.04 Å². The molecule has 0 aromatic carbocycles. The molecular formula is C13H24N2O3. The first-order valence-corrected chi connectivity index (χ1v) is 6.84. The third-order valence-corrected chi connectivity index (χ3v) is 3.75. The Morgan fingerprint density at radius 1 is 1.33 bits per heavy atom. The van der Waals surface area contributed by atoms with Crippen LogP contribution in [0.5, 0.6) is 0 Å². The fourth-order valence-corrected chi connectivity index (χ4v) is 2.73. The summed E-state index contributed by atoms with van der Waals surface area (Å²) in [4.78, 5) is 27.2. The number of carboxylic acids is 1. The maximum Gasteiger partial charge on any atom is 0.326 e. The second-order valence-corrected chi connectivity index (χ2v) is 4.67. The zero-order chi connectivity index (χ0) is 13.7. The maximum absolute atomic E-state index is 12.5. The number of likely N-dealkylation sites (tertiary alicyclic amines) is 1. The number of nitrogens with zero attached hydrogens (tertiary/aromatic N) is 2. The van der Waals surface area contributed by atoms with Crippen molar-refractivity contribution >= 4 is 11.9 Å². The fourth-order valence-electron chi connectivity index (χ4n) is 2.73. The van der Waals surface area contributed by atoms with Crippen LogP contribution in [0, 0.1) is 0 Å². The van der Waals surface area contributed by atoms with Gasteiger partial charge in [0, 0.05) is 6.54 Å². The molecule has 0 aromatic heterocycles. The summed E-state index contributed by atoms with van der Waals surface area (Å²) < 4.78 is 0. The van der Waals surface area contributed by atoms with E-state index in [0.717, 1.165) is 25.9 Å². The highest BCUT2D eigenvalue weighted by molar-refractivity contribution is 5.87. The van der Waals surface area contributed by atoms with Crippen molar-refractivity contribution < 1.29 is 14.7 Å². The number of aliphatic carboxylic acids is 1. The van der Waals surface area contributed by atoms with Crippen molar-refractivity contribution in [2.75, 3.05) is 19.6 Å². The molecule has 5 nitrogen and oxygen atoms in total. The van der Waals surface area contributed by atoms with Crippen molar-refractivity contribution in [1.29, 1.82) is 0 Å². The lowest BCUT2D eigenvalue weighted by Crippen LogP contribution is -2.51. The molecule has 1 N–H and O–H groups in total. The summed E-state index contributed by atoms with van der Waals surface area (Å²) >= 11 is 0. The number of hydrogen-bond acceptors (Lipinski definition) is 3. The summed E-state index contributed by atoms with van der Waals surface area (Å²) in [7, 11) is 0. The summed E-state index contributed by atoms with van der Waals surface area (Å²) in [6, 6.07) is -0.804. The fraction of sp³-hybridized carbons (Fsp3) is 0.846. The second kappa shape index (κ2) is 6.73. The first-order valence-electron chi connectivity index (χ1n) is 6.84. The molecule has 1 aliphatic heterocycles. The van der Waals surface area contributed by atoms with E-state index in [0.29, 0.717) is 13.0 Å². The van der Waals surface area contributed by atoms with Crippen LogP contribution in [0.1, 0.15) is 40.0 Å². The van der Waals surface area contributed by atoms with Gasteiger partial charge in [0.25, 0.3) is 0 Å². The average Bonchev–Trinajstić information content (AvgIpc) is 2.84. The molecule has 0 bridgehead atoms. The predicted molar refractivity (Wildman–Crippen MR) is 69.4 cm³/mol. The molecule has 1 aliphatic rings. The lowest BCUT2D eigenvalue weighted by Gasteiger charge is -2.32. The minimum Gasteiger partial charge on any atom is -0.480 e. The minimum atomic E-state index is -0.879. The van der Waals surface area contributed by atoms with Crippen molar-refractivity contribution in [3.05, 3.63) is 0 Å². The normalized spacial score (nSPS) is 21.3. The van der Waals surface area contributed by atoms with Gasteiger partial charge in [-0.05, 0) is 32.4 Å². The van der Waals surface area contributed by atoms with Crippen LogP contribution in [0.25, 0.3) is 0 Å². The summed E-state index contributed by atoms with van der Waals surface area (Å²) in [5.74, 6) is -0.902. The van der Waals surface area contributed by atoms with E-state index in [1.54, 1.807) is 4.90 Å². The van der Waals surface area contributed by atoms with Gasteiger partial charge >= 0.3 is 5.97 Å². The van der Waals surface area contributed by atoms with Crippen LogP contribution in [-0.4, -0.2) is 58.5 Å². The Kier molecular flexibility index (Phi) is 5.59. The van der Waals surface area contributed by atoms with Gasteiger partial charge in [-0.15, -0.1) is 0 Å². The van der Waals surface area contributed by atoms with Crippen molar-refractivity contribution in [1.82, 2.24) is 9.80 Å². The van der Waals surface area contributed by atoms with E-state index in [1.165, 1.54) is 0 Å². The van der Waals surface area contributed by atoms with Crippen LogP contribution in [0.2, 0.25) is 0 Å². The number of rotatable bonds is 6. The predicted octanol–water partition coefficient (Wildman–Crippen LogP) is 1.18. The molecule has 1 saturated heterocycles. The van der Waals surface area contributed by atoms with Gasteiger partial charge in [0.05, 0.1) is 6.04 Å². The first-order chi connectivity index (χ1) is 8.56. The number of amides is 1. The van der Waals surface area contributed by atoms with Crippen LogP contribution >= 0.6 is 0 Å². The molecule has 1 rings (SSSR count). The first kappa shape index (κ1) is 15.0. The van der Waals surface area contributed by atoms with E-state index in [2.05, 4.69) is 4.90 Å². The number of likely N-dealkylation sites (N-methyl/N-ethyl adjacent to an activating group) is 1. The smallest absolute Gasteiger partial charge is 0.326 e. The summed E-state index contributed by atoms with van der Waals surface area (Å²) in [6.07, 6.45) is 2.09. The van der Waals surface area contributed by atoms with Crippen molar-refractivity contribution in [2.45, 2.75) is 52.1 Å². The molecule has 104 valence electrons. The lowest BCUT2D eigenvalue weighted by atomic mass is 10.1. The van der Waals surface area contributed by atoms with E-state index in [4.69, 9.17) is 5.11 Å². The monoisotopic (exact) mass is 256 g/mol. The highest BCUT2D eigenvalue weighted by Gasteiger charge is 2.37. The topological polar surface area (TPSA) is 60.9 Å². The third kappa shape index (κ3) is 3.02. The van der Waals surface area contributed by atoms with E-state index in [1.807, 2.05) is 20.8 Å². The van der Waals surface area contributed by atoms with Gasteiger partial charge in [-0.3, -0.25) is 9.69 Å². The Hall–Kier alpha value is -1.10. The number of carbonyl (C=O) groups is 2. The molecule has 0 aliphatic carbocycles. The average molecular weight is 256 g/mol. The van der Waals surface area contributed by atoms with Crippen LogP contribution in [0.4, 0.5) is 0 Å². The van der Waals surface area contributed by atoms with Crippen molar-refractivity contribution in [3.8, 4) is 0 Å². The quantitative estimate of drug-likeness (QED) is 0.775. The Labute approximate surface area is 109 Å². The third-order valence-electron chi connectivity index (χ3n) is 3.75. The largest absolute Gasteiger partial charge is 0.480 e. The highest BCUT2D eigenvalue weighted by atomic mass is 16.4. The molecule has 0 radical (unpaired) electrons. The molecule has 1 fully saturated rings. The van der Waals surface area contributed by atoms with Gasteiger partial charge in [-0.1, -0.05) is 20.8 Å². The molecule has 0 aromatic rings. The second-order valence-electron chi connectivity index (χ2n) is 4.67. The standard InChI is InChI=1S/C13H24N2O3/c1-4-10(14(5-2)6-3)12(16)15-9-7-8-11(15)13(17)18/h10-11H,4-9H2,1-3H3,(H,17,18)/t10?,11-/m1/s1. The minimum absolute atomic E-state index is 0.0221. The Morgan fingerprint density at radius 2 is 1.94 bits per heavy atom. The Balaban J connectivity index is 2.80. The SMILES string of the molecule is CCC(C(=O)N1CCC[C@@H]1C(=O)O)N(CC)CC. The van der Waals surface area contributed by atoms with E-state index in [-0.39, 0.29) is 11.9 Å².